The molecule has 0 radical (unpaired) electrons. The van der Waals surface area contributed by atoms with Crippen LogP contribution in [0.2, 0.25) is 0 Å². The van der Waals surface area contributed by atoms with E-state index in [0.29, 0.717) is 19.3 Å². The minimum atomic E-state index is -0.290. The number of rotatable bonds is 3. The molecule has 2 N–H and O–H groups in total. The van der Waals surface area contributed by atoms with Crippen molar-refractivity contribution in [3.8, 4) is 0 Å². The molecule has 1 saturated heterocycles. The molecule has 6 heteroatoms. The summed E-state index contributed by atoms with van der Waals surface area (Å²) in [6.45, 7) is 5.17. The standard InChI is InChI=1S/C8H15N3OS2/c1-6(2)11-4-10(3-7(9)12)5-14-8(11)13/h6H,3-5H2,1-2H3,(H2,9,12). The van der Waals surface area contributed by atoms with Gasteiger partial charge in [-0.15, -0.1) is 0 Å². The fourth-order valence-corrected chi connectivity index (χ4v) is 2.56. The van der Waals surface area contributed by atoms with Gasteiger partial charge in [-0.2, -0.15) is 0 Å². The fourth-order valence-electron chi connectivity index (χ4n) is 1.23. The maximum atomic E-state index is 10.7. The molecule has 0 spiro atoms. The summed E-state index contributed by atoms with van der Waals surface area (Å²) < 4.78 is 0.903. The largest absolute Gasteiger partial charge is 0.369 e. The zero-order chi connectivity index (χ0) is 10.7. The fraction of sp³-hybridized carbons (Fsp3) is 0.750. The number of carbonyl (C=O) groups is 1. The van der Waals surface area contributed by atoms with Crippen LogP contribution in [-0.2, 0) is 4.79 Å². The number of primary amides is 1. The third-order valence-electron chi connectivity index (χ3n) is 1.96. The van der Waals surface area contributed by atoms with Crippen LogP contribution in [0.3, 0.4) is 0 Å². The van der Waals surface area contributed by atoms with Gasteiger partial charge >= 0.3 is 0 Å². The van der Waals surface area contributed by atoms with Crippen molar-refractivity contribution in [2.45, 2.75) is 19.9 Å². The van der Waals surface area contributed by atoms with Gasteiger partial charge in [-0.05, 0) is 13.8 Å². The van der Waals surface area contributed by atoms with Crippen molar-refractivity contribution in [1.82, 2.24) is 9.80 Å². The average Bonchev–Trinajstić information content (AvgIpc) is 2.07. The van der Waals surface area contributed by atoms with Crippen LogP contribution < -0.4 is 5.73 Å². The summed E-state index contributed by atoms with van der Waals surface area (Å²) in [5.41, 5.74) is 5.14. The number of carbonyl (C=O) groups excluding carboxylic acids is 1. The first kappa shape index (κ1) is 11.7. The van der Waals surface area contributed by atoms with Crippen molar-refractivity contribution in [2.75, 3.05) is 19.1 Å². The van der Waals surface area contributed by atoms with Crippen LogP contribution in [-0.4, -0.2) is 45.2 Å². The molecule has 0 bridgehead atoms. The first-order chi connectivity index (χ1) is 6.50. The lowest BCUT2D eigenvalue weighted by Crippen LogP contribution is -2.49. The smallest absolute Gasteiger partial charge is 0.231 e. The van der Waals surface area contributed by atoms with E-state index in [1.54, 1.807) is 11.8 Å². The predicted octanol–water partition coefficient (Wildman–Crippen LogP) is 0.431. The van der Waals surface area contributed by atoms with Gasteiger partial charge in [0.15, 0.2) is 0 Å². The Kier molecular flexibility index (Phi) is 4.15. The third-order valence-corrected chi connectivity index (χ3v) is 3.52. The van der Waals surface area contributed by atoms with E-state index in [0.717, 1.165) is 10.2 Å². The molecule has 1 heterocycles. The van der Waals surface area contributed by atoms with Gasteiger partial charge < -0.3 is 10.6 Å². The van der Waals surface area contributed by atoms with E-state index in [-0.39, 0.29) is 5.91 Å². The van der Waals surface area contributed by atoms with Gasteiger partial charge in [0.2, 0.25) is 5.91 Å². The molecule has 1 fully saturated rings. The van der Waals surface area contributed by atoms with Crippen molar-refractivity contribution >= 4 is 34.2 Å². The van der Waals surface area contributed by atoms with Crippen molar-refractivity contribution in [1.29, 1.82) is 0 Å². The van der Waals surface area contributed by atoms with Crippen LogP contribution in [0, 0.1) is 0 Å². The Morgan fingerprint density at radius 2 is 2.36 bits per heavy atom. The number of hydrogen-bond acceptors (Lipinski definition) is 4. The first-order valence-electron chi connectivity index (χ1n) is 4.44. The Labute approximate surface area is 93.8 Å². The summed E-state index contributed by atoms with van der Waals surface area (Å²) in [5, 5.41) is 0. The summed E-state index contributed by atoms with van der Waals surface area (Å²) in [5.74, 6) is 0.465. The molecular weight excluding hydrogens is 218 g/mol. The van der Waals surface area contributed by atoms with Gasteiger partial charge in [0, 0.05) is 6.04 Å². The predicted molar refractivity (Wildman–Crippen MR) is 62.8 cm³/mol. The van der Waals surface area contributed by atoms with Gasteiger partial charge in [0.1, 0.15) is 4.32 Å². The Morgan fingerprint density at radius 1 is 1.71 bits per heavy atom. The minimum Gasteiger partial charge on any atom is -0.369 e. The number of nitrogens with two attached hydrogens (primary N) is 1. The Hall–Kier alpha value is -0.330. The molecule has 0 aromatic rings. The molecule has 1 rings (SSSR count). The van der Waals surface area contributed by atoms with E-state index in [1.807, 2.05) is 4.90 Å². The molecule has 0 aliphatic carbocycles. The maximum absolute atomic E-state index is 10.7. The molecule has 1 aliphatic heterocycles. The second-order valence-corrected chi connectivity index (χ2v) is 5.12. The molecule has 0 aromatic carbocycles. The highest BCUT2D eigenvalue weighted by Gasteiger charge is 2.24. The van der Waals surface area contributed by atoms with Crippen molar-refractivity contribution < 1.29 is 4.79 Å². The second kappa shape index (κ2) is 4.95. The monoisotopic (exact) mass is 233 g/mol. The van der Waals surface area contributed by atoms with E-state index in [1.165, 1.54) is 0 Å². The molecule has 0 saturated carbocycles. The average molecular weight is 233 g/mol. The van der Waals surface area contributed by atoms with E-state index in [4.69, 9.17) is 18.0 Å². The van der Waals surface area contributed by atoms with Crippen LogP contribution in [0.25, 0.3) is 0 Å². The number of thiocarbonyl (C=S) groups is 1. The highest BCUT2D eigenvalue weighted by Crippen LogP contribution is 2.20. The lowest BCUT2D eigenvalue weighted by Gasteiger charge is -2.38. The van der Waals surface area contributed by atoms with E-state index in [2.05, 4.69) is 18.7 Å². The second-order valence-electron chi connectivity index (χ2n) is 3.54. The molecule has 4 nitrogen and oxygen atoms in total. The van der Waals surface area contributed by atoms with Gasteiger partial charge in [-0.25, -0.2) is 0 Å². The summed E-state index contributed by atoms with van der Waals surface area (Å²) in [7, 11) is 0. The van der Waals surface area contributed by atoms with Gasteiger partial charge in [0.25, 0.3) is 0 Å². The highest BCUT2D eigenvalue weighted by molar-refractivity contribution is 8.22. The van der Waals surface area contributed by atoms with Crippen LogP contribution in [0.1, 0.15) is 13.8 Å². The summed E-state index contributed by atoms with van der Waals surface area (Å²) >= 11 is 6.80. The summed E-state index contributed by atoms with van der Waals surface area (Å²) in [6.07, 6.45) is 0. The molecule has 80 valence electrons. The number of hydrogen-bond donors (Lipinski definition) is 1. The molecule has 1 amide bonds. The van der Waals surface area contributed by atoms with Crippen molar-refractivity contribution in [2.24, 2.45) is 5.73 Å². The molecule has 0 unspecified atom stereocenters. The van der Waals surface area contributed by atoms with Gasteiger partial charge in [-0.1, -0.05) is 24.0 Å². The highest BCUT2D eigenvalue weighted by atomic mass is 32.2. The SMILES string of the molecule is CC(C)N1CN(CC(N)=O)CSC1=S. The third kappa shape index (κ3) is 3.11. The molecule has 0 atom stereocenters. The lowest BCUT2D eigenvalue weighted by atomic mass is 10.3. The van der Waals surface area contributed by atoms with Crippen molar-refractivity contribution in [3.63, 3.8) is 0 Å². The van der Waals surface area contributed by atoms with Crippen molar-refractivity contribution in [3.05, 3.63) is 0 Å². The van der Waals surface area contributed by atoms with Crippen LogP contribution in [0.5, 0.6) is 0 Å². The normalized spacial score (nSPS) is 19.1. The van der Waals surface area contributed by atoms with Gasteiger partial charge in [-0.3, -0.25) is 9.69 Å². The zero-order valence-electron chi connectivity index (χ0n) is 8.40. The quantitative estimate of drug-likeness (QED) is 0.716. The van der Waals surface area contributed by atoms with Crippen LogP contribution in [0.4, 0.5) is 0 Å². The topological polar surface area (TPSA) is 49.6 Å². The summed E-state index contributed by atoms with van der Waals surface area (Å²) in [6, 6.07) is 0.366. The van der Waals surface area contributed by atoms with Gasteiger partial charge in [0.05, 0.1) is 19.1 Å². The molecular formula is C8H15N3OS2. The van der Waals surface area contributed by atoms with E-state index in [9.17, 15) is 4.79 Å². The minimum absolute atomic E-state index is 0.290. The van der Waals surface area contributed by atoms with E-state index >= 15 is 0 Å². The van der Waals surface area contributed by atoms with Crippen LogP contribution >= 0.6 is 24.0 Å². The molecule has 1 aliphatic rings. The number of thioether (sulfide) groups is 1. The van der Waals surface area contributed by atoms with E-state index < -0.39 is 0 Å². The van der Waals surface area contributed by atoms with Crippen LogP contribution in [0.15, 0.2) is 0 Å². The Balaban J connectivity index is 2.53. The first-order valence-corrected chi connectivity index (χ1v) is 5.84. The molecule has 0 aromatic heterocycles. The Morgan fingerprint density at radius 3 is 2.86 bits per heavy atom. The Bertz CT molecular complexity index is 245. The summed E-state index contributed by atoms with van der Waals surface area (Å²) in [4.78, 5) is 14.8. The molecule has 14 heavy (non-hydrogen) atoms. The maximum Gasteiger partial charge on any atom is 0.231 e. The lowest BCUT2D eigenvalue weighted by molar-refractivity contribution is -0.119. The number of nitrogens with zero attached hydrogens (tertiary/aromatic N) is 2. The number of amides is 1. The zero-order valence-corrected chi connectivity index (χ0v) is 10.0.